The number of hydrogen-bond donors (Lipinski definition) is 2. The summed E-state index contributed by atoms with van der Waals surface area (Å²) in [6, 6.07) is 10.9. The van der Waals surface area contributed by atoms with Gasteiger partial charge in [-0.3, -0.25) is 14.9 Å². The summed E-state index contributed by atoms with van der Waals surface area (Å²) in [4.78, 5) is 33.7. The van der Waals surface area contributed by atoms with Crippen molar-refractivity contribution >= 4 is 35.0 Å². The Kier molecular flexibility index (Phi) is 6.65. The van der Waals surface area contributed by atoms with Crippen LogP contribution in [-0.4, -0.2) is 23.4 Å². The first kappa shape index (κ1) is 19.6. The number of nitro benzene ring substituents is 1. The molecule has 0 unspecified atom stereocenters. The molecule has 2 aromatic rings. The van der Waals surface area contributed by atoms with E-state index in [1.165, 1.54) is 24.3 Å². The fourth-order valence-electron chi connectivity index (χ4n) is 2.25. The number of hydrogen-bond acceptors (Lipinski definition) is 6. The zero-order chi connectivity index (χ0) is 19.8. The van der Waals surface area contributed by atoms with E-state index in [-0.39, 0.29) is 29.4 Å². The molecule has 0 saturated carbocycles. The zero-order valence-electron chi connectivity index (χ0n) is 14.7. The number of rotatable bonds is 7. The Morgan fingerprint density at radius 1 is 1.22 bits per heavy atom. The van der Waals surface area contributed by atoms with E-state index in [1.54, 1.807) is 37.3 Å². The van der Waals surface area contributed by atoms with Gasteiger partial charge in [0.05, 0.1) is 29.3 Å². The highest BCUT2D eigenvalue weighted by atomic mass is 16.6. The Morgan fingerprint density at radius 3 is 2.56 bits per heavy atom. The van der Waals surface area contributed by atoms with Gasteiger partial charge in [-0.05, 0) is 30.2 Å². The first-order chi connectivity index (χ1) is 12.9. The van der Waals surface area contributed by atoms with Crippen LogP contribution in [0.5, 0.6) is 0 Å². The van der Waals surface area contributed by atoms with Crippen molar-refractivity contribution in [1.29, 1.82) is 0 Å². The first-order valence-corrected chi connectivity index (χ1v) is 8.16. The number of anilines is 2. The molecule has 140 valence electrons. The quantitative estimate of drug-likeness (QED) is 0.254. The van der Waals surface area contributed by atoms with E-state index >= 15 is 0 Å². The third-order valence-corrected chi connectivity index (χ3v) is 3.56. The molecule has 3 N–H and O–H groups in total. The second kappa shape index (κ2) is 9.14. The largest absolute Gasteiger partial charge is 0.463 e. The number of carbonyl (C=O) groups is 2. The van der Waals surface area contributed by atoms with Gasteiger partial charge < -0.3 is 15.8 Å². The average Bonchev–Trinajstić information content (AvgIpc) is 2.63. The standard InChI is InChI=1S/C19H19N3O5/c1-2-27-19(24)10-7-13-3-5-14(6-4-13)11-18(23)21-17-12-15(22(25)26)8-9-16(17)20/h3-10,12H,2,11,20H2,1H3,(H,21,23)/b10-7+. The number of ether oxygens (including phenoxy) is 1. The molecule has 0 spiro atoms. The molecular formula is C19H19N3O5. The SMILES string of the molecule is CCOC(=O)/C=C/c1ccc(CC(=O)Nc2cc([N+](=O)[O-])ccc2N)cc1. The summed E-state index contributed by atoms with van der Waals surface area (Å²) in [7, 11) is 0. The lowest BCUT2D eigenvalue weighted by atomic mass is 10.1. The normalized spacial score (nSPS) is 10.6. The summed E-state index contributed by atoms with van der Waals surface area (Å²) < 4.78 is 4.80. The molecule has 1 amide bonds. The van der Waals surface area contributed by atoms with Crippen molar-refractivity contribution in [1.82, 2.24) is 0 Å². The number of non-ortho nitro benzene ring substituents is 1. The number of esters is 1. The lowest BCUT2D eigenvalue weighted by molar-refractivity contribution is -0.384. The Hall–Kier alpha value is -3.68. The van der Waals surface area contributed by atoms with Crippen LogP contribution in [0.15, 0.2) is 48.5 Å². The van der Waals surface area contributed by atoms with Crippen LogP contribution in [0.2, 0.25) is 0 Å². The van der Waals surface area contributed by atoms with Crippen LogP contribution in [0.4, 0.5) is 17.1 Å². The zero-order valence-corrected chi connectivity index (χ0v) is 14.7. The van der Waals surface area contributed by atoms with Gasteiger partial charge in [0.1, 0.15) is 0 Å². The van der Waals surface area contributed by atoms with Crippen molar-refractivity contribution in [2.75, 3.05) is 17.7 Å². The Bertz CT molecular complexity index is 875. The molecule has 0 fully saturated rings. The topological polar surface area (TPSA) is 125 Å². The van der Waals surface area contributed by atoms with Gasteiger partial charge in [0.15, 0.2) is 0 Å². The first-order valence-electron chi connectivity index (χ1n) is 8.16. The predicted molar refractivity (Wildman–Crippen MR) is 102 cm³/mol. The average molecular weight is 369 g/mol. The van der Waals surface area contributed by atoms with Crippen molar-refractivity contribution in [3.8, 4) is 0 Å². The van der Waals surface area contributed by atoms with Crippen molar-refractivity contribution < 1.29 is 19.2 Å². The minimum Gasteiger partial charge on any atom is -0.463 e. The molecule has 0 bridgehead atoms. The number of benzene rings is 2. The van der Waals surface area contributed by atoms with E-state index in [0.717, 1.165) is 11.1 Å². The third-order valence-electron chi connectivity index (χ3n) is 3.56. The number of nitrogens with one attached hydrogen (secondary N) is 1. The van der Waals surface area contributed by atoms with Crippen LogP contribution >= 0.6 is 0 Å². The number of nitrogen functional groups attached to an aromatic ring is 1. The lowest BCUT2D eigenvalue weighted by Gasteiger charge is -2.08. The minimum atomic E-state index is -0.558. The smallest absolute Gasteiger partial charge is 0.330 e. The van der Waals surface area contributed by atoms with Gasteiger partial charge in [-0.15, -0.1) is 0 Å². The van der Waals surface area contributed by atoms with Crippen molar-refractivity contribution in [3.63, 3.8) is 0 Å². The molecule has 0 aromatic heterocycles. The van der Waals surface area contributed by atoms with E-state index in [4.69, 9.17) is 10.5 Å². The van der Waals surface area contributed by atoms with Gasteiger partial charge >= 0.3 is 5.97 Å². The number of amides is 1. The van der Waals surface area contributed by atoms with Gasteiger partial charge in [-0.2, -0.15) is 0 Å². The summed E-state index contributed by atoms with van der Waals surface area (Å²) in [6.07, 6.45) is 3.02. The molecule has 0 aliphatic carbocycles. The van der Waals surface area contributed by atoms with E-state index in [0.29, 0.717) is 6.61 Å². The summed E-state index contributed by atoms with van der Waals surface area (Å²) in [5.74, 6) is -0.771. The highest BCUT2D eigenvalue weighted by Gasteiger charge is 2.12. The molecule has 2 aromatic carbocycles. The maximum absolute atomic E-state index is 12.2. The van der Waals surface area contributed by atoms with E-state index in [1.807, 2.05) is 0 Å². The summed E-state index contributed by atoms with van der Waals surface area (Å²) in [5.41, 5.74) is 7.56. The molecule has 0 heterocycles. The lowest BCUT2D eigenvalue weighted by Crippen LogP contribution is -2.15. The van der Waals surface area contributed by atoms with Crippen LogP contribution in [0, 0.1) is 10.1 Å². The van der Waals surface area contributed by atoms with E-state index < -0.39 is 10.9 Å². The predicted octanol–water partition coefficient (Wildman–Crippen LogP) is 2.93. The minimum absolute atomic E-state index is 0.0734. The fraction of sp³-hybridized carbons (Fsp3) is 0.158. The van der Waals surface area contributed by atoms with Crippen molar-refractivity contribution in [2.24, 2.45) is 0 Å². The van der Waals surface area contributed by atoms with Crippen LogP contribution in [0.1, 0.15) is 18.1 Å². The van der Waals surface area contributed by atoms with Crippen LogP contribution in [-0.2, 0) is 20.7 Å². The van der Waals surface area contributed by atoms with Gasteiger partial charge in [0.2, 0.25) is 5.91 Å². The molecule has 0 atom stereocenters. The molecule has 27 heavy (non-hydrogen) atoms. The number of nitrogens with two attached hydrogens (primary N) is 1. The number of nitrogens with zero attached hydrogens (tertiary/aromatic N) is 1. The molecule has 0 aliphatic rings. The summed E-state index contributed by atoms with van der Waals surface area (Å²) >= 11 is 0. The van der Waals surface area contributed by atoms with Crippen LogP contribution in [0.3, 0.4) is 0 Å². The monoisotopic (exact) mass is 369 g/mol. The molecule has 0 saturated heterocycles. The highest BCUT2D eigenvalue weighted by Crippen LogP contribution is 2.24. The Morgan fingerprint density at radius 2 is 1.93 bits per heavy atom. The van der Waals surface area contributed by atoms with Crippen molar-refractivity contribution in [3.05, 3.63) is 69.8 Å². The highest BCUT2D eigenvalue weighted by molar-refractivity contribution is 5.95. The third kappa shape index (κ3) is 5.96. The summed E-state index contributed by atoms with van der Waals surface area (Å²) in [6.45, 7) is 2.04. The second-order valence-electron chi connectivity index (χ2n) is 5.58. The molecular weight excluding hydrogens is 350 g/mol. The maximum atomic E-state index is 12.2. The van der Waals surface area contributed by atoms with Crippen LogP contribution < -0.4 is 11.1 Å². The Balaban J connectivity index is 1.99. The van der Waals surface area contributed by atoms with Gasteiger partial charge in [-0.1, -0.05) is 24.3 Å². The summed E-state index contributed by atoms with van der Waals surface area (Å²) in [5, 5.41) is 13.4. The fourth-order valence-corrected chi connectivity index (χ4v) is 2.25. The van der Waals surface area contributed by atoms with Crippen LogP contribution in [0.25, 0.3) is 6.08 Å². The van der Waals surface area contributed by atoms with Gasteiger partial charge in [-0.25, -0.2) is 4.79 Å². The van der Waals surface area contributed by atoms with E-state index in [9.17, 15) is 19.7 Å². The molecule has 8 heteroatoms. The Labute approximate surface area is 155 Å². The number of nitro groups is 1. The molecule has 0 radical (unpaired) electrons. The van der Waals surface area contributed by atoms with Gasteiger partial charge in [0.25, 0.3) is 5.69 Å². The second-order valence-corrected chi connectivity index (χ2v) is 5.58. The van der Waals surface area contributed by atoms with Gasteiger partial charge in [0, 0.05) is 18.2 Å². The number of carbonyl (C=O) groups excluding carboxylic acids is 2. The molecule has 0 aliphatic heterocycles. The maximum Gasteiger partial charge on any atom is 0.330 e. The van der Waals surface area contributed by atoms with Crippen molar-refractivity contribution in [2.45, 2.75) is 13.3 Å². The molecule has 2 rings (SSSR count). The molecule has 8 nitrogen and oxygen atoms in total. The van der Waals surface area contributed by atoms with E-state index in [2.05, 4.69) is 5.32 Å².